The Morgan fingerprint density at radius 1 is 1.07 bits per heavy atom. The van der Waals surface area contributed by atoms with Crippen LogP contribution in [-0.2, 0) is 28.6 Å². The second kappa shape index (κ2) is 7.18. The highest BCUT2D eigenvalue weighted by molar-refractivity contribution is 5.92. The molecule has 6 nitrogen and oxygen atoms in total. The minimum Gasteiger partial charge on any atom is -0.458 e. The van der Waals surface area contributed by atoms with Crippen molar-refractivity contribution >= 4 is 17.7 Å². The molecule has 0 saturated heterocycles. The summed E-state index contributed by atoms with van der Waals surface area (Å²) in [7, 11) is 0. The van der Waals surface area contributed by atoms with Gasteiger partial charge in [-0.3, -0.25) is 14.4 Å². The van der Waals surface area contributed by atoms with Gasteiger partial charge >= 0.3 is 11.9 Å². The molecule has 166 valence electrons. The number of Topliss-reactive ketones (excluding diaryl/α,β-unsaturated/α-hetero) is 1. The molecule has 4 aliphatic rings. The van der Waals surface area contributed by atoms with Crippen molar-refractivity contribution in [2.45, 2.75) is 85.5 Å². The fraction of sp³-hybridized carbons (Fsp3) is 0.792. The van der Waals surface area contributed by atoms with E-state index in [2.05, 4.69) is 27.7 Å². The van der Waals surface area contributed by atoms with Gasteiger partial charge in [-0.25, -0.2) is 0 Å². The summed E-state index contributed by atoms with van der Waals surface area (Å²) in [6, 6.07) is 0. The van der Waals surface area contributed by atoms with E-state index >= 15 is 0 Å². The summed E-state index contributed by atoms with van der Waals surface area (Å²) >= 11 is 0. The Morgan fingerprint density at radius 2 is 1.73 bits per heavy atom. The van der Waals surface area contributed by atoms with Gasteiger partial charge in [0.2, 0.25) is 0 Å². The minimum atomic E-state index is -0.719. The van der Waals surface area contributed by atoms with E-state index in [1.807, 2.05) is 0 Å². The summed E-state index contributed by atoms with van der Waals surface area (Å²) < 4.78 is 17.6. The molecule has 1 aliphatic heterocycles. The minimum absolute atomic E-state index is 0.0102. The zero-order valence-electron chi connectivity index (χ0n) is 18.9. The Hall–Kier alpha value is -1.69. The van der Waals surface area contributed by atoms with Crippen LogP contribution in [0.3, 0.4) is 0 Å². The summed E-state index contributed by atoms with van der Waals surface area (Å²) in [5.74, 6) is -0.900. The van der Waals surface area contributed by atoms with Gasteiger partial charge in [-0.15, -0.1) is 0 Å². The average molecular weight is 419 g/mol. The van der Waals surface area contributed by atoms with E-state index in [9.17, 15) is 14.4 Å². The first-order valence-corrected chi connectivity index (χ1v) is 11.2. The highest BCUT2D eigenvalue weighted by Crippen LogP contribution is 2.63. The lowest BCUT2D eigenvalue weighted by Gasteiger charge is -2.40. The maximum absolute atomic E-state index is 13.7. The van der Waals surface area contributed by atoms with E-state index in [1.54, 1.807) is 0 Å². The van der Waals surface area contributed by atoms with Crippen LogP contribution in [-0.4, -0.2) is 42.6 Å². The molecule has 0 spiro atoms. The van der Waals surface area contributed by atoms with Gasteiger partial charge in [0.15, 0.2) is 11.9 Å². The second-order valence-corrected chi connectivity index (χ2v) is 10.6. The Morgan fingerprint density at radius 3 is 2.33 bits per heavy atom. The molecule has 2 saturated carbocycles. The van der Waals surface area contributed by atoms with Gasteiger partial charge in [0, 0.05) is 19.8 Å². The highest BCUT2D eigenvalue weighted by Gasteiger charge is 2.66. The first-order valence-electron chi connectivity index (χ1n) is 11.2. The van der Waals surface area contributed by atoms with Gasteiger partial charge in [-0.1, -0.05) is 27.7 Å². The van der Waals surface area contributed by atoms with Crippen LogP contribution in [0.2, 0.25) is 0 Å². The van der Waals surface area contributed by atoms with Gasteiger partial charge in [0.05, 0.1) is 18.6 Å². The van der Waals surface area contributed by atoms with Crippen LogP contribution in [0.5, 0.6) is 0 Å². The number of esters is 2. The molecule has 0 aromatic carbocycles. The molecule has 0 unspecified atom stereocenters. The maximum atomic E-state index is 13.7. The number of ether oxygens (including phenoxy) is 3. The molecule has 4 rings (SSSR count). The predicted molar refractivity (Wildman–Crippen MR) is 109 cm³/mol. The van der Waals surface area contributed by atoms with E-state index in [4.69, 9.17) is 14.2 Å². The second-order valence-electron chi connectivity index (χ2n) is 10.6. The van der Waals surface area contributed by atoms with E-state index in [1.165, 1.54) is 19.4 Å². The smallest absolute Gasteiger partial charge is 0.303 e. The van der Waals surface area contributed by atoms with Crippen molar-refractivity contribution in [1.29, 1.82) is 0 Å². The van der Waals surface area contributed by atoms with Crippen molar-refractivity contribution in [3.63, 3.8) is 0 Å². The normalized spacial score (nSPS) is 42.6. The quantitative estimate of drug-likeness (QED) is 0.515. The van der Waals surface area contributed by atoms with Crippen LogP contribution < -0.4 is 0 Å². The van der Waals surface area contributed by atoms with Crippen molar-refractivity contribution in [1.82, 2.24) is 0 Å². The van der Waals surface area contributed by atoms with Crippen molar-refractivity contribution < 1.29 is 28.6 Å². The molecular formula is C24H34O6. The third-order valence-electron chi connectivity index (χ3n) is 8.27. The van der Waals surface area contributed by atoms with Gasteiger partial charge in [0.1, 0.15) is 6.10 Å². The van der Waals surface area contributed by atoms with Crippen LogP contribution in [0.1, 0.15) is 67.2 Å². The topological polar surface area (TPSA) is 78.9 Å². The lowest BCUT2D eigenvalue weighted by molar-refractivity contribution is -0.155. The Balaban J connectivity index is 1.81. The summed E-state index contributed by atoms with van der Waals surface area (Å²) in [6.45, 7) is 11.9. The Kier molecular flexibility index (Phi) is 5.16. The Labute approximate surface area is 178 Å². The van der Waals surface area contributed by atoms with Crippen molar-refractivity contribution in [3.05, 3.63) is 11.1 Å². The summed E-state index contributed by atoms with van der Waals surface area (Å²) in [5.41, 5.74) is 1.86. The van der Waals surface area contributed by atoms with Gasteiger partial charge in [-0.2, -0.15) is 0 Å². The molecule has 0 aromatic rings. The molecule has 0 radical (unpaired) electrons. The molecule has 6 heteroatoms. The standard InChI is InChI=1S/C24H34O6/c1-12(2)17-22(30-14(4)26)20(27)19-21-18-15(11-28-21)16(29-13(3)25)7-8-23(18,5)9-10-24(17,19)6/h12,16-17,19,21-22H,7-11H2,1-6H3/t16-,17-,19+,21-,22+,23-,24+/m1/s1. The fourth-order valence-corrected chi connectivity index (χ4v) is 7.15. The average Bonchev–Trinajstić information content (AvgIpc) is 3.12. The third kappa shape index (κ3) is 3.05. The first kappa shape index (κ1) is 21.5. The number of carbonyl (C=O) groups excluding carboxylic acids is 3. The van der Waals surface area contributed by atoms with Crippen LogP contribution >= 0.6 is 0 Å². The van der Waals surface area contributed by atoms with Crippen molar-refractivity contribution in [2.75, 3.05) is 6.61 Å². The summed E-state index contributed by atoms with van der Waals surface area (Å²) in [5, 5.41) is 0. The van der Waals surface area contributed by atoms with E-state index < -0.39 is 12.1 Å². The zero-order valence-corrected chi connectivity index (χ0v) is 18.9. The largest absolute Gasteiger partial charge is 0.458 e. The molecule has 0 amide bonds. The molecule has 30 heavy (non-hydrogen) atoms. The molecule has 3 aliphatic carbocycles. The highest BCUT2D eigenvalue weighted by atomic mass is 16.6. The maximum Gasteiger partial charge on any atom is 0.303 e. The third-order valence-corrected chi connectivity index (χ3v) is 8.27. The van der Waals surface area contributed by atoms with Crippen LogP contribution in [0, 0.1) is 28.6 Å². The van der Waals surface area contributed by atoms with Crippen LogP contribution in [0.25, 0.3) is 0 Å². The van der Waals surface area contributed by atoms with E-state index in [0.717, 1.165) is 31.3 Å². The summed E-state index contributed by atoms with van der Waals surface area (Å²) in [4.78, 5) is 37.2. The molecule has 0 aromatic heterocycles. The lowest BCUT2D eigenvalue weighted by Crippen LogP contribution is -2.40. The monoisotopic (exact) mass is 418 g/mol. The summed E-state index contributed by atoms with van der Waals surface area (Å²) in [6.07, 6.45) is 2.24. The number of fused-ring (bicyclic) bond motifs is 2. The van der Waals surface area contributed by atoms with Gasteiger partial charge in [-0.05, 0) is 53.6 Å². The molecule has 1 heterocycles. The van der Waals surface area contributed by atoms with E-state index in [0.29, 0.717) is 6.61 Å². The van der Waals surface area contributed by atoms with E-state index in [-0.39, 0.29) is 52.5 Å². The van der Waals surface area contributed by atoms with Crippen molar-refractivity contribution in [3.8, 4) is 0 Å². The number of hydrogen-bond donors (Lipinski definition) is 0. The zero-order chi connectivity index (χ0) is 22.0. The molecule has 2 fully saturated rings. The number of carbonyl (C=O) groups is 3. The van der Waals surface area contributed by atoms with Gasteiger partial charge in [0.25, 0.3) is 0 Å². The number of rotatable bonds is 3. The molecule has 7 atom stereocenters. The molecule has 0 N–H and O–H groups in total. The fourth-order valence-electron chi connectivity index (χ4n) is 7.15. The molecular weight excluding hydrogens is 384 g/mol. The lowest BCUT2D eigenvalue weighted by atomic mass is 9.66. The van der Waals surface area contributed by atoms with Crippen LogP contribution in [0.4, 0.5) is 0 Å². The van der Waals surface area contributed by atoms with Gasteiger partial charge < -0.3 is 14.2 Å². The first-order chi connectivity index (χ1) is 14.0. The molecule has 0 bridgehead atoms. The van der Waals surface area contributed by atoms with Crippen molar-refractivity contribution in [2.24, 2.45) is 28.6 Å². The predicted octanol–water partition coefficient (Wildman–Crippen LogP) is 3.62. The van der Waals surface area contributed by atoms with Crippen LogP contribution in [0.15, 0.2) is 11.1 Å². The Bertz CT molecular complexity index is 813. The SMILES string of the molecule is CC(=O)O[C@@H]1C(=O)[C@H]2[C@@H]3OCC4=C3[C@](C)(CC[C@H]4OC(C)=O)CC[C@@]2(C)[C@@H]1C(C)C. The number of ketones is 1. The number of hydrogen-bond acceptors (Lipinski definition) is 6.